The van der Waals surface area contributed by atoms with E-state index in [1.807, 2.05) is 30.5 Å². The molecule has 3 aromatic heterocycles. The minimum Gasteiger partial charge on any atom is -0.760 e. The molecule has 0 radical (unpaired) electrons. The van der Waals surface area contributed by atoms with Gasteiger partial charge in [-0.2, -0.15) is 0 Å². The third-order valence-corrected chi connectivity index (χ3v) is 6.16. The third kappa shape index (κ3) is 5.14. The Morgan fingerprint density at radius 2 is 2.10 bits per heavy atom. The molecule has 0 spiro atoms. The average Bonchev–Trinajstić information content (AvgIpc) is 3.13. The van der Waals surface area contributed by atoms with E-state index in [9.17, 15) is 8.76 Å². The van der Waals surface area contributed by atoms with Crippen molar-refractivity contribution in [2.45, 2.75) is 38.1 Å². The molecular formula is C20H23ClN5O2S-. The first-order valence-electron chi connectivity index (χ1n) is 9.78. The van der Waals surface area contributed by atoms with Crippen LogP contribution in [0.5, 0.6) is 0 Å². The summed E-state index contributed by atoms with van der Waals surface area (Å²) in [5.74, 6) is 1.34. The first-order chi connectivity index (χ1) is 14.1. The second-order valence-corrected chi connectivity index (χ2v) is 8.59. The van der Waals surface area contributed by atoms with E-state index in [4.69, 9.17) is 11.6 Å². The van der Waals surface area contributed by atoms with E-state index in [0.717, 1.165) is 60.1 Å². The molecule has 0 saturated heterocycles. The van der Waals surface area contributed by atoms with Gasteiger partial charge in [-0.1, -0.05) is 11.6 Å². The Kier molecular flexibility index (Phi) is 6.44. The summed E-state index contributed by atoms with van der Waals surface area (Å²) in [6.45, 7) is 0.511. The van der Waals surface area contributed by atoms with Crippen molar-refractivity contribution in [3.63, 3.8) is 0 Å². The zero-order chi connectivity index (χ0) is 20.2. The van der Waals surface area contributed by atoms with Crippen LogP contribution < -0.4 is 10.0 Å². The van der Waals surface area contributed by atoms with E-state index in [-0.39, 0.29) is 0 Å². The summed E-state index contributed by atoms with van der Waals surface area (Å²) in [6, 6.07) is 8.20. The molecule has 7 nitrogen and oxygen atoms in total. The number of aromatic amines is 1. The van der Waals surface area contributed by atoms with Gasteiger partial charge in [0, 0.05) is 47.2 Å². The van der Waals surface area contributed by atoms with Crippen LogP contribution in [0.2, 0.25) is 5.15 Å². The summed E-state index contributed by atoms with van der Waals surface area (Å²) in [4.78, 5) is 12.0. The maximum Gasteiger partial charge on any atom is 0.137 e. The SMILES string of the molecule is O=S([O-])NCCC1CCC(Nc2cc(-c3c[nH]c4ncccc34)cc(Cl)n2)CC1. The minimum atomic E-state index is -2.17. The number of rotatable bonds is 7. The number of pyridine rings is 2. The predicted molar refractivity (Wildman–Crippen MR) is 115 cm³/mol. The Balaban J connectivity index is 1.41. The van der Waals surface area contributed by atoms with Crippen molar-refractivity contribution in [1.82, 2.24) is 19.7 Å². The van der Waals surface area contributed by atoms with Crippen LogP contribution in [0.15, 0.2) is 36.7 Å². The van der Waals surface area contributed by atoms with E-state index in [2.05, 4.69) is 25.0 Å². The number of fused-ring (bicyclic) bond motifs is 1. The van der Waals surface area contributed by atoms with Gasteiger partial charge in [0.2, 0.25) is 0 Å². The third-order valence-electron chi connectivity index (χ3n) is 5.53. The summed E-state index contributed by atoms with van der Waals surface area (Å²) in [5, 5.41) is 5.03. The summed E-state index contributed by atoms with van der Waals surface area (Å²) >= 11 is 4.14. The fraction of sp³-hybridized carbons (Fsp3) is 0.400. The van der Waals surface area contributed by atoms with Gasteiger partial charge in [0.1, 0.15) is 16.6 Å². The number of nitrogens with one attached hydrogen (secondary N) is 3. The number of halogens is 1. The lowest BCUT2D eigenvalue weighted by atomic mass is 9.84. The summed E-state index contributed by atoms with van der Waals surface area (Å²) in [7, 11) is 0. The van der Waals surface area contributed by atoms with Gasteiger partial charge in [-0.05, 0) is 67.9 Å². The second-order valence-electron chi connectivity index (χ2n) is 7.45. The van der Waals surface area contributed by atoms with Crippen LogP contribution in [-0.2, 0) is 11.3 Å². The summed E-state index contributed by atoms with van der Waals surface area (Å²) in [5.41, 5.74) is 2.89. The van der Waals surface area contributed by atoms with Crippen molar-refractivity contribution in [1.29, 1.82) is 0 Å². The number of H-pyrrole nitrogens is 1. The van der Waals surface area contributed by atoms with Gasteiger partial charge in [0.05, 0.1) is 0 Å². The van der Waals surface area contributed by atoms with E-state index >= 15 is 0 Å². The molecule has 4 rings (SSSR count). The molecular weight excluding hydrogens is 410 g/mol. The molecule has 3 heterocycles. The first kappa shape index (κ1) is 20.3. The molecule has 3 aromatic rings. The van der Waals surface area contributed by atoms with Crippen LogP contribution in [0, 0.1) is 5.92 Å². The molecule has 154 valence electrons. The molecule has 0 bridgehead atoms. The highest BCUT2D eigenvalue weighted by atomic mass is 35.5. The summed E-state index contributed by atoms with van der Waals surface area (Å²) in [6.07, 6.45) is 8.81. The molecule has 29 heavy (non-hydrogen) atoms. The van der Waals surface area contributed by atoms with Gasteiger partial charge in [0.25, 0.3) is 0 Å². The monoisotopic (exact) mass is 432 g/mol. The van der Waals surface area contributed by atoms with Crippen LogP contribution in [-0.4, -0.2) is 36.3 Å². The number of hydrogen-bond donors (Lipinski definition) is 3. The number of anilines is 1. The highest BCUT2D eigenvalue weighted by Crippen LogP contribution is 2.32. The number of nitrogens with zero attached hydrogens (tertiary/aromatic N) is 2. The second kappa shape index (κ2) is 9.21. The highest BCUT2D eigenvalue weighted by molar-refractivity contribution is 7.77. The van der Waals surface area contributed by atoms with Gasteiger partial charge in [0.15, 0.2) is 0 Å². The zero-order valence-electron chi connectivity index (χ0n) is 15.9. The van der Waals surface area contributed by atoms with E-state index in [1.165, 1.54) is 0 Å². The molecule has 1 atom stereocenters. The van der Waals surface area contributed by atoms with Crippen molar-refractivity contribution < 1.29 is 8.76 Å². The molecule has 1 unspecified atom stereocenters. The molecule has 1 saturated carbocycles. The first-order valence-corrected chi connectivity index (χ1v) is 11.2. The quantitative estimate of drug-likeness (QED) is 0.386. The molecule has 0 amide bonds. The standard InChI is InChI=1S/C20H24ClN5O2S/c21-18-10-14(17-12-23-20-16(17)2-1-8-22-20)11-19(26-18)25-15-5-3-13(4-6-15)7-9-24-29(27)28/h1-2,8,10-13,15,24H,3-7,9H2,(H,22,23)(H,25,26)(H,27,28)/p-1. The van der Waals surface area contributed by atoms with Crippen LogP contribution in [0.3, 0.4) is 0 Å². The average molecular weight is 433 g/mol. The van der Waals surface area contributed by atoms with E-state index in [0.29, 0.717) is 23.7 Å². The highest BCUT2D eigenvalue weighted by Gasteiger charge is 2.21. The Morgan fingerprint density at radius 3 is 2.90 bits per heavy atom. The maximum absolute atomic E-state index is 10.6. The lowest BCUT2D eigenvalue weighted by molar-refractivity contribution is 0.321. The van der Waals surface area contributed by atoms with E-state index < -0.39 is 11.3 Å². The van der Waals surface area contributed by atoms with Gasteiger partial charge in [-0.15, -0.1) is 0 Å². The fourth-order valence-electron chi connectivity index (χ4n) is 4.07. The molecule has 0 aromatic carbocycles. The lowest BCUT2D eigenvalue weighted by Crippen LogP contribution is -2.28. The topological polar surface area (TPSA) is 106 Å². The van der Waals surface area contributed by atoms with Crippen LogP contribution >= 0.6 is 11.6 Å². The van der Waals surface area contributed by atoms with Crippen LogP contribution in [0.25, 0.3) is 22.2 Å². The molecule has 0 aliphatic heterocycles. The van der Waals surface area contributed by atoms with Crippen molar-refractivity contribution in [2.75, 3.05) is 11.9 Å². The molecule has 9 heteroatoms. The molecule has 3 N–H and O–H groups in total. The van der Waals surface area contributed by atoms with Crippen LogP contribution in [0.1, 0.15) is 32.1 Å². The van der Waals surface area contributed by atoms with Crippen LogP contribution in [0.4, 0.5) is 5.82 Å². The fourth-order valence-corrected chi connectivity index (χ4v) is 4.57. The number of aromatic nitrogens is 3. The lowest BCUT2D eigenvalue weighted by Gasteiger charge is -2.29. The Bertz CT molecular complexity index is 1000. The molecule has 1 fully saturated rings. The van der Waals surface area contributed by atoms with Crippen molar-refractivity contribution >= 4 is 39.7 Å². The molecule has 1 aliphatic carbocycles. The zero-order valence-corrected chi connectivity index (χ0v) is 17.4. The Labute approximate surface area is 177 Å². The van der Waals surface area contributed by atoms with Gasteiger partial charge in [-0.3, -0.25) is 4.21 Å². The smallest absolute Gasteiger partial charge is 0.137 e. The predicted octanol–water partition coefficient (Wildman–Crippen LogP) is 4.02. The minimum absolute atomic E-state index is 0.344. The Morgan fingerprint density at radius 1 is 1.28 bits per heavy atom. The maximum atomic E-state index is 10.6. The largest absolute Gasteiger partial charge is 0.760 e. The van der Waals surface area contributed by atoms with Gasteiger partial charge >= 0.3 is 0 Å². The van der Waals surface area contributed by atoms with Crippen molar-refractivity contribution in [3.8, 4) is 11.1 Å². The van der Waals surface area contributed by atoms with Crippen molar-refractivity contribution in [2.24, 2.45) is 5.92 Å². The Hall–Kier alpha value is -2.00. The number of hydrogen-bond acceptors (Lipinski definition) is 5. The molecule has 1 aliphatic rings. The van der Waals surface area contributed by atoms with Crippen molar-refractivity contribution in [3.05, 3.63) is 41.8 Å². The van der Waals surface area contributed by atoms with Gasteiger partial charge in [-0.25, -0.2) is 14.7 Å². The van der Waals surface area contributed by atoms with E-state index in [1.54, 1.807) is 6.20 Å². The normalized spacial score (nSPS) is 20.6. The summed E-state index contributed by atoms with van der Waals surface area (Å²) < 4.78 is 23.6. The van der Waals surface area contributed by atoms with Gasteiger partial charge < -0.3 is 14.9 Å².